The number of nitrogens with zero attached hydrogens (tertiary/aromatic N) is 1. The molecule has 0 aromatic heterocycles. The van der Waals surface area contributed by atoms with Crippen molar-refractivity contribution in [1.82, 2.24) is 5.32 Å². The monoisotopic (exact) mass is 202 g/mol. The van der Waals surface area contributed by atoms with E-state index in [1.165, 1.54) is 0 Å². The molecule has 80 valence electrons. The van der Waals surface area contributed by atoms with Crippen LogP contribution in [0.1, 0.15) is 32.1 Å². The lowest BCUT2D eigenvalue weighted by molar-refractivity contribution is -0.0393. The molecule has 1 N–H and O–H groups in total. The summed E-state index contributed by atoms with van der Waals surface area (Å²) in [5.74, 6) is -2.47. The molecule has 2 nitrogen and oxygen atoms in total. The Bertz CT molecular complexity index is 230. The Morgan fingerprint density at radius 3 is 2.93 bits per heavy atom. The minimum atomic E-state index is -2.47. The summed E-state index contributed by atoms with van der Waals surface area (Å²) >= 11 is 0. The molecular weight excluding hydrogens is 186 g/mol. The van der Waals surface area contributed by atoms with Crippen LogP contribution in [-0.2, 0) is 0 Å². The summed E-state index contributed by atoms with van der Waals surface area (Å²) in [6, 6.07) is -0.131. The van der Waals surface area contributed by atoms with Crippen LogP contribution in [0.25, 0.3) is 0 Å². The van der Waals surface area contributed by atoms with E-state index in [2.05, 4.69) is 10.3 Å². The fourth-order valence-electron chi connectivity index (χ4n) is 2.18. The molecule has 4 heteroatoms. The van der Waals surface area contributed by atoms with Crippen LogP contribution in [0.5, 0.6) is 0 Å². The van der Waals surface area contributed by atoms with E-state index in [-0.39, 0.29) is 18.9 Å². The van der Waals surface area contributed by atoms with Gasteiger partial charge in [0.25, 0.3) is 0 Å². The van der Waals surface area contributed by atoms with Crippen molar-refractivity contribution in [3.05, 3.63) is 0 Å². The van der Waals surface area contributed by atoms with E-state index in [4.69, 9.17) is 0 Å². The molecule has 1 aliphatic carbocycles. The number of aliphatic imine (C=N–C) groups is 1. The van der Waals surface area contributed by atoms with Crippen molar-refractivity contribution in [3.63, 3.8) is 0 Å². The quantitative estimate of drug-likeness (QED) is 0.691. The molecule has 1 saturated carbocycles. The first-order chi connectivity index (χ1) is 6.66. The summed E-state index contributed by atoms with van der Waals surface area (Å²) in [6.07, 6.45) is 2.38. The third-order valence-electron chi connectivity index (χ3n) is 2.90. The third-order valence-corrected chi connectivity index (χ3v) is 2.90. The molecular formula is C10H16F2N2. The Morgan fingerprint density at radius 2 is 2.29 bits per heavy atom. The number of hydrogen-bond acceptors (Lipinski definition) is 2. The van der Waals surface area contributed by atoms with Crippen molar-refractivity contribution in [1.29, 1.82) is 0 Å². The van der Waals surface area contributed by atoms with Gasteiger partial charge in [0, 0.05) is 31.6 Å². The van der Waals surface area contributed by atoms with E-state index >= 15 is 0 Å². The molecule has 1 saturated heterocycles. The van der Waals surface area contributed by atoms with E-state index in [0.29, 0.717) is 6.42 Å². The molecule has 2 rings (SSSR count). The van der Waals surface area contributed by atoms with Gasteiger partial charge in [0.2, 0.25) is 5.92 Å². The van der Waals surface area contributed by atoms with Crippen LogP contribution < -0.4 is 5.32 Å². The van der Waals surface area contributed by atoms with Crippen LogP contribution >= 0.6 is 0 Å². The molecule has 2 aliphatic rings. The van der Waals surface area contributed by atoms with Gasteiger partial charge in [0.05, 0.1) is 6.04 Å². The van der Waals surface area contributed by atoms with Crippen molar-refractivity contribution in [2.45, 2.75) is 44.1 Å². The first-order valence-corrected chi connectivity index (χ1v) is 5.30. The number of hydrogen-bond donors (Lipinski definition) is 1. The SMILES string of the molecule is FC1(F)CCC[C@H](/N=C2\CCNC2)C1. The highest BCUT2D eigenvalue weighted by atomic mass is 19.3. The minimum absolute atomic E-state index is 0.0451. The normalized spacial score (nSPS) is 35.0. The Balaban J connectivity index is 1.94. The van der Waals surface area contributed by atoms with Gasteiger partial charge in [-0.25, -0.2) is 8.78 Å². The zero-order valence-corrected chi connectivity index (χ0v) is 8.23. The van der Waals surface area contributed by atoms with Gasteiger partial charge in [-0.2, -0.15) is 0 Å². The van der Waals surface area contributed by atoms with Gasteiger partial charge in [-0.1, -0.05) is 0 Å². The highest BCUT2D eigenvalue weighted by molar-refractivity contribution is 5.88. The Labute approximate surface area is 82.8 Å². The van der Waals surface area contributed by atoms with Crippen LogP contribution in [0.4, 0.5) is 8.78 Å². The summed E-state index contributed by atoms with van der Waals surface area (Å²) in [5.41, 5.74) is 1.08. The van der Waals surface area contributed by atoms with E-state index in [0.717, 1.165) is 31.6 Å². The molecule has 0 bridgehead atoms. The predicted octanol–water partition coefficient (Wildman–Crippen LogP) is 2.00. The lowest BCUT2D eigenvalue weighted by Gasteiger charge is -2.26. The molecule has 0 aromatic rings. The van der Waals surface area contributed by atoms with Gasteiger partial charge in [-0.3, -0.25) is 4.99 Å². The summed E-state index contributed by atoms with van der Waals surface area (Å²) in [7, 11) is 0. The van der Waals surface area contributed by atoms with Gasteiger partial charge in [0.1, 0.15) is 0 Å². The largest absolute Gasteiger partial charge is 0.311 e. The summed E-state index contributed by atoms with van der Waals surface area (Å²) < 4.78 is 26.1. The lowest BCUT2D eigenvalue weighted by atomic mass is 9.92. The predicted molar refractivity (Wildman–Crippen MR) is 52.1 cm³/mol. The molecule has 1 aliphatic heterocycles. The number of nitrogens with one attached hydrogen (secondary N) is 1. The first-order valence-electron chi connectivity index (χ1n) is 5.30. The summed E-state index contributed by atoms with van der Waals surface area (Å²) in [6.45, 7) is 1.74. The maximum absolute atomic E-state index is 13.0. The molecule has 0 spiro atoms. The zero-order chi connectivity index (χ0) is 10.0. The van der Waals surface area contributed by atoms with Crippen molar-refractivity contribution in [3.8, 4) is 0 Å². The van der Waals surface area contributed by atoms with E-state index in [9.17, 15) is 8.78 Å². The van der Waals surface area contributed by atoms with Crippen LogP contribution in [0.3, 0.4) is 0 Å². The number of halogens is 2. The van der Waals surface area contributed by atoms with Crippen molar-refractivity contribution < 1.29 is 8.78 Å². The minimum Gasteiger partial charge on any atom is -0.311 e. The molecule has 0 aromatic carbocycles. The van der Waals surface area contributed by atoms with Crippen LogP contribution in [0.2, 0.25) is 0 Å². The standard InChI is InChI=1S/C10H16F2N2/c11-10(12)4-1-2-8(6-10)14-9-3-5-13-7-9/h8,13H,1-7H2/b14-9+/t8-/m0/s1. The fraction of sp³-hybridized carbons (Fsp3) is 0.900. The van der Waals surface area contributed by atoms with Crippen molar-refractivity contribution in [2.75, 3.05) is 13.1 Å². The number of alkyl halides is 2. The van der Waals surface area contributed by atoms with Gasteiger partial charge in [-0.15, -0.1) is 0 Å². The highest BCUT2D eigenvalue weighted by Crippen LogP contribution is 2.34. The van der Waals surface area contributed by atoms with Gasteiger partial charge < -0.3 is 5.32 Å². The van der Waals surface area contributed by atoms with E-state index < -0.39 is 5.92 Å². The number of rotatable bonds is 1. The smallest absolute Gasteiger partial charge is 0.250 e. The summed E-state index contributed by atoms with van der Waals surface area (Å²) in [5, 5.41) is 3.16. The molecule has 2 fully saturated rings. The topological polar surface area (TPSA) is 24.4 Å². The summed E-state index contributed by atoms with van der Waals surface area (Å²) in [4.78, 5) is 4.40. The van der Waals surface area contributed by atoms with Gasteiger partial charge in [0.15, 0.2) is 0 Å². The second-order valence-corrected chi connectivity index (χ2v) is 4.23. The Kier molecular flexibility index (Phi) is 2.81. The highest BCUT2D eigenvalue weighted by Gasteiger charge is 2.36. The van der Waals surface area contributed by atoms with Crippen LogP contribution in [0, 0.1) is 0 Å². The fourth-order valence-corrected chi connectivity index (χ4v) is 2.18. The second-order valence-electron chi connectivity index (χ2n) is 4.23. The third kappa shape index (κ3) is 2.50. The molecule has 0 radical (unpaired) electrons. The van der Waals surface area contributed by atoms with Crippen molar-refractivity contribution in [2.24, 2.45) is 4.99 Å². The van der Waals surface area contributed by atoms with Crippen LogP contribution in [-0.4, -0.2) is 30.8 Å². The second kappa shape index (κ2) is 3.93. The maximum atomic E-state index is 13.0. The van der Waals surface area contributed by atoms with E-state index in [1.54, 1.807) is 0 Å². The molecule has 14 heavy (non-hydrogen) atoms. The Hall–Kier alpha value is -0.510. The van der Waals surface area contributed by atoms with E-state index in [1.807, 2.05) is 0 Å². The lowest BCUT2D eigenvalue weighted by Crippen LogP contribution is -2.29. The van der Waals surface area contributed by atoms with Gasteiger partial charge >= 0.3 is 0 Å². The Morgan fingerprint density at radius 1 is 1.43 bits per heavy atom. The average Bonchev–Trinajstić information content (AvgIpc) is 2.54. The first kappa shape index (κ1) is 10.0. The van der Waals surface area contributed by atoms with Crippen LogP contribution in [0.15, 0.2) is 4.99 Å². The molecule has 0 unspecified atom stereocenters. The molecule has 1 heterocycles. The van der Waals surface area contributed by atoms with Gasteiger partial charge in [-0.05, 0) is 19.3 Å². The zero-order valence-electron chi connectivity index (χ0n) is 8.23. The molecule has 1 atom stereocenters. The van der Waals surface area contributed by atoms with Crippen molar-refractivity contribution >= 4 is 5.71 Å². The molecule has 0 amide bonds. The average molecular weight is 202 g/mol. The maximum Gasteiger partial charge on any atom is 0.250 e.